The van der Waals surface area contributed by atoms with Crippen LogP contribution in [-0.2, 0) is 11.2 Å². The summed E-state index contributed by atoms with van der Waals surface area (Å²) in [4.78, 5) is 0. The average molecular weight is 275 g/mol. The summed E-state index contributed by atoms with van der Waals surface area (Å²) in [5.41, 5.74) is 3.13. The SMILES string of the molecule is Cc1ccc(CC2(CNC(C)(C)C)CCOC2C)cc1. The summed E-state index contributed by atoms with van der Waals surface area (Å²) in [5.74, 6) is 0. The predicted molar refractivity (Wildman–Crippen MR) is 85.1 cm³/mol. The van der Waals surface area contributed by atoms with E-state index in [1.807, 2.05) is 0 Å². The molecule has 1 heterocycles. The molecule has 1 aliphatic rings. The van der Waals surface area contributed by atoms with Crippen molar-refractivity contribution in [2.45, 2.75) is 59.1 Å². The maximum absolute atomic E-state index is 5.89. The molecule has 20 heavy (non-hydrogen) atoms. The van der Waals surface area contributed by atoms with E-state index in [2.05, 4.69) is 64.2 Å². The Morgan fingerprint density at radius 2 is 1.90 bits per heavy atom. The van der Waals surface area contributed by atoms with Gasteiger partial charge in [-0.25, -0.2) is 0 Å². The van der Waals surface area contributed by atoms with Crippen molar-refractivity contribution in [3.63, 3.8) is 0 Å². The minimum atomic E-state index is 0.155. The van der Waals surface area contributed by atoms with Gasteiger partial charge in [-0.3, -0.25) is 0 Å². The molecule has 1 aromatic rings. The number of hydrogen-bond donors (Lipinski definition) is 1. The molecule has 1 aromatic carbocycles. The maximum Gasteiger partial charge on any atom is 0.0619 e. The van der Waals surface area contributed by atoms with Crippen LogP contribution >= 0.6 is 0 Å². The highest BCUT2D eigenvalue weighted by molar-refractivity contribution is 5.23. The van der Waals surface area contributed by atoms with Crippen LogP contribution in [0.1, 0.15) is 45.2 Å². The minimum absolute atomic E-state index is 0.155. The van der Waals surface area contributed by atoms with Gasteiger partial charge in [0.2, 0.25) is 0 Å². The summed E-state index contributed by atoms with van der Waals surface area (Å²) in [6, 6.07) is 8.94. The molecule has 2 unspecified atom stereocenters. The van der Waals surface area contributed by atoms with Crippen molar-refractivity contribution in [1.29, 1.82) is 0 Å². The van der Waals surface area contributed by atoms with Crippen molar-refractivity contribution in [1.82, 2.24) is 5.32 Å². The Hall–Kier alpha value is -0.860. The van der Waals surface area contributed by atoms with Gasteiger partial charge in [-0.05, 0) is 53.0 Å². The smallest absolute Gasteiger partial charge is 0.0619 e. The zero-order valence-corrected chi connectivity index (χ0v) is 13.6. The maximum atomic E-state index is 5.89. The van der Waals surface area contributed by atoms with E-state index in [4.69, 9.17) is 4.74 Å². The van der Waals surface area contributed by atoms with E-state index in [1.165, 1.54) is 11.1 Å². The normalized spacial score (nSPS) is 26.9. The molecular formula is C18H29NO. The van der Waals surface area contributed by atoms with E-state index >= 15 is 0 Å². The molecule has 1 aliphatic heterocycles. The second-order valence-electron chi connectivity index (χ2n) is 7.39. The van der Waals surface area contributed by atoms with Gasteiger partial charge in [0.15, 0.2) is 0 Å². The Labute approximate surface area is 123 Å². The van der Waals surface area contributed by atoms with E-state index in [1.54, 1.807) is 0 Å². The first-order chi connectivity index (χ1) is 9.31. The van der Waals surface area contributed by atoms with Gasteiger partial charge in [-0.15, -0.1) is 0 Å². The lowest BCUT2D eigenvalue weighted by Gasteiger charge is -2.36. The van der Waals surface area contributed by atoms with Gasteiger partial charge in [0.25, 0.3) is 0 Å². The second kappa shape index (κ2) is 5.87. The number of ether oxygens (including phenoxy) is 1. The van der Waals surface area contributed by atoms with Crippen LogP contribution in [0.2, 0.25) is 0 Å². The van der Waals surface area contributed by atoms with Gasteiger partial charge in [0, 0.05) is 24.1 Å². The molecule has 2 atom stereocenters. The van der Waals surface area contributed by atoms with Crippen LogP contribution < -0.4 is 5.32 Å². The number of nitrogens with one attached hydrogen (secondary N) is 1. The monoisotopic (exact) mass is 275 g/mol. The second-order valence-corrected chi connectivity index (χ2v) is 7.39. The Kier molecular flexibility index (Phi) is 4.55. The molecular weight excluding hydrogens is 246 g/mol. The van der Waals surface area contributed by atoms with E-state index in [-0.39, 0.29) is 11.0 Å². The largest absolute Gasteiger partial charge is 0.378 e. The molecule has 0 bridgehead atoms. The number of rotatable bonds is 4. The molecule has 2 heteroatoms. The lowest BCUT2D eigenvalue weighted by Crippen LogP contribution is -2.47. The first-order valence-electron chi connectivity index (χ1n) is 7.73. The molecule has 0 spiro atoms. The van der Waals surface area contributed by atoms with Crippen LogP contribution in [0.4, 0.5) is 0 Å². The Bertz CT molecular complexity index is 432. The topological polar surface area (TPSA) is 21.3 Å². The molecule has 1 saturated heterocycles. The van der Waals surface area contributed by atoms with Crippen molar-refractivity contribution < 1.29 is 4.74 Å². The van der Waals surface area contributed by atoms with Crippen LogP contribution in [0, 0.1) is 12.3 Å². The molecule has 2 rings (SSSR count). The first kappa shape index (κ1) is 15.5. The van der Waals surface area contributed by atoms with Crippen molar-refractivity contribution in [3.8, 4) is 0 Å². The molecule has 1 fully saturated rings. The van der Waals surface area contributed by atoms with E-state index in [0.29, 0.717) is 6.10 Å². The third kappa shape index (κ3) is 3.83. The van der Waals surface area contributed by atoms with E-state index in [9.17, 15) is 0 Å². The number of hydrogen-bond acceptors (Lipinski definition) is 2. The van der Waals surface area contributed by atoms with E-state index < -0.39 is 0 Å². The first-order valence-corrected chi connectivity index (χ1v) is 7.73. The van der Waals surface area contributed by atoms with Gasteiger partial charge in [0.1, 0.15) is 0 Å². The van der Waals surface area contributed by atoms with Crippen molar-refractivity contribution in [2.24, 2.45) is 5.41 Å². The van der Waals surface area contributed by atoms with Crippen LogP contribution in [-0.4, -0.2) is 24.8 Å². The fourth-order valence-electron chi connectivity index (χ4n) is 2.90. The van der Waals surface area contributed by atoms with Gasteiger partial charge >= 0.3 is 0 Å². The molecule has 1 N–H and O–H groups in total. The summed E-state index contributed by atoms with van der Waals surface area (Å²) in [5, 5.41) is 3.69. The highest BCUT2D eigenvalue weighted by Crippen LogP contribution is 2.38. The summed E-state index contributed by atoms with van der Waals surface area (Å²) >= 11 is 0. The van der Waals surface area contributed by atoms with Crippen LogP contribution in [0.5, 0.6) is 0 Å². The lowest BCUT2D eigenvalue weighted by molar-refractivity contribution is 0.0598. The zero-order chi connectivity index (χ0) is 14.8. The third-order valence-electron chi connectivity index (χ3n) is 4.48. The fraction of sp³-hybridized carbons (Fsp3) is 0.667. The third-order valence-corrected chi connectivity index (χ3v) is 4.48. The summed E-state index contributed by atoms with van der Waals surface area (Å²) in [6.07, 6.45) is 2.56. The van der Waals surface area contributed by atoms with E-state index in [0.717, 1.165) is 26.0 Å². The average Bonchev–Trinajstić information content (AvgIpc) is 2.71. The molecule has 0 amide bonds. The van der Waals surface area contributed by atoms with Crippen molar-refractivity contribution in [2.75, 3.05) is 13.2 Å². The van der Waals surface area contributed by atoms with Gasteiger partial charge in [-0.1, -0.05) is 29.8 Å². The zero-order valence-electron chi connectivity index (χ0n) is 13.6. The standard InChI is InChI=1S/C18H29NO/c1-14-6-8-16(9-7-14)12-18(10-11-20-15(18)2)13-19-17(3,4)5/h6-9,15,19H,10-13H2,1-5H3. The summed E-state index contributed by atoms with van der Waals surface area (Å²) < 4.78 is 5.89. The summed E-state index contributed by atoms with van der Waals surface area (Å²) in [7, 11) is 0. The van der Waals surface area contributed by atoms with Crippen molar-refractivity contribution in [3.05, 3.63) is 35.4 Å². The highest BCUT2D eigenvalue weighted by Gasteiger charge is 2.41. The Balaban J connectivity index is 2.13. The van der Waals surface area contributed by atoms with Crippen LogP contribution in [0.25, 0.3) is 0 Å². The molecule has 0 saturated carbocycles. The molecule has 112 valence electrons. The minimum Gasteiger partial charge on any atom is -0.378 e. The number of aryl methyl sites for hydroxylation is 1. The van der Waals surface area contributed by atoms with Crippen LogP contribution in [0.3, 0.4) is 0 Å². The van der Waals surface area contributed by atoms with Crippen molar-refractivity contribution >= 4 is 0 Å². The predicted octanol–water partition coefficient (Wildman–Crippen LogP) is 3.72. The fourth-order valence-corrected chi connectivity index (χ4v) is 2.90. The Morgan fingerprint density at radius 1 is 1.25 bits per heavy atom. The Morgan fingerprint density at radius 3 is 2.40 bits per heavy atom. The molecule has 2 nitrogen and oxygen atoms in total. The van der Waals surface area contributed by atoms with Gasteiger partial charge < -0.3 is 10.1 Å². The van der Waals surface area contributed by atoms with Crippen LogP contribution in [0.15, 0.2) is 24.3 Å². The number of benzene rings is 1. The summed E-state index contributed by atoms with van der Waals surface area (Å²) in [6.45, 7) is 13.0. The molecule has 0 radical (unpaired) electrons. The van der Waals surface area contributed by atoms with Gasteiger partial charge in [0.05, 0.1) is 6.10 Å². The highest BCUT2D eigenvalue weighted by atomic mass is 16.5. The van der Waals surface area contributed by atoms with Gasteiger partial charge in [-0.2, -0.15) is 0 Å². The molecule has 0 aromatic heterocycles. The molecule has 0 aliphatic carbocycles. The quantitative estimate of drug-likeness (QED) is 0.904. The lowest BCUT2D eigenvalue weighted by atomic mass is 9.75.